The molecule has 2 rings (SSSR count). The Labute approximate surface area is 129 Å². The van der Waals surface area contributed by atoms with Crippen LogP contribution in [0.15, 0.2) is 18.2 Å². The smallest absolute Gasteiger partial charge is 0.156 e. The number of rotatable bonds is 4. The van der Waals surface area contributed by atoms with Gasteiger partial charge in [-0.2, -0.15) is 0 Å². The Bertz CT molecular complexity index is 497. The minimum Gasteiger partial charge on any atom is -0.379 e. The first-order valence-corrected chi connectivity index (χ1v) is 7.47. The molecule has 0 atom stereocenters. The molecule has 3 nitrogen and oxygen atoms in total. The molecule has 0 aliphatic carbocycles. The van der Waals surface area contributed by atoms with Gasteiger partial charge in [0.15, 0.2) is 5.78 Å². The van der Waals surface area contributed by atoms with Gasteiger partial charge in [0.25, 0.3) is 0 Å². The number of morpholine rings is 1. The Morgan fingerprint density at radius 2 is 1.95 bits per heavy atom. The minimum atomic E-state index is -0.518. The SMILES string of the molecule is CC(C)(C(=O)Cc1cccc(Cl)c1Cl)N1CCOCC1. The van der Waals surface area contributed by atoms with Gasteiger partial charge in [0.05, 0.1) is 28.8 Å². The summed E-state index contributed by atoms with van der Waals surface area (Å²) in [6, 6.07) is 5.39. The molecule has 5 heteroatoms. The number of hydrogen-bond donors (Lipinski definition) is 0. The average molecular weight is 316 g/mol. The van der Waals surface area contributed by atoms with Crippen molar-refractivity contribution in [2.45, 2.75) is 25.8 Å². The molecule has 1 aliphatic heterocycles. The normalized spacial score (nSPS) is 17.2. The molecule has 0 N–H and O–H groups in total. The molecule has 0 aromatic heterocycles. The lowest BCUT2D eigenvalue weighted by molar-refractivity contribution is -0.131. The van der Waals surface area contributed by atoms with Gasteiger partial charge in [0, 0.05) is 19.5 Å². The number of nitrogens with zero attached hydrogens (tertiary/aromatic N) is 1. The number of carbonyl (C=O) groups is 1. The maximum atomic E-state index is 12.6. The second-order valence-corrected chi connectivity index (χ2v) is 6.26. The minimum absolute atomic E-state index is 0.142. The molecular formula is C15H19Cl2NO2. The molecule has 1 aromatic carbocycles. The third-order valence-electron chi connectivity index (χ3n) is 3.87. The van der Waals surface area contributed by atoms with Crippen LogP contribution in [0.3, 0.4) is 0 Å². The lowest BCUT2D eigenvalue weighted by atomic mass is 9.91. The average Bonchev–Trinajstić information content (AvgIpc) is 2.44. The van der Waals surface area contributed by atoms with Crippen molar-refractivity contribution in [2.24, 2.45) is 0 Å². The van der Waals surface area contributed by atoms with Gasteiger partial charge >= 0.3 is 0 Å². The first kappa shape index (κ1) is 15.8. The van der Waals surface area contributed by atoms with Crippen molar-refractivity contribution >= 4 is 29.0 Å². The molecule has 110 valence electrons. The summed E-state index contributed by atoms with van der Waals surface area (Å²) in [5.74, 6) is 0.142. The summed E-state index contributed by atoms with van der Waals surface area (Å²) < 4.78 is 5.34. The zero-order valence-corrected chi connectivity index (χ0v) is 13.3. The molecule has 0 bridgehead atoms. The van der Waals surface area contributed by atoms with Crippen LogP contribution in [-0.2, 0) is 16.0 Å². The van der Waals surface area contributed by atoms with E-state index in [0.717, 1.165) is 18.7 Å². The summed E-state index contributed by atoms with van der Waals surface area (Å²) in [6.45, 7) is 6.82. The van der Waals surface area contributed by atoms with E-state index in [1.807, 2.05) is 26.0 Å². The number of hydrogen-bond acceptors (Lipinski definition) is 3. The predicted molar refractivity (Wildman–Crippen MR) is 81.6 cm³/mol. The molecule has 0 unspecified atom stereocenters. The second kappa shape index (κ2) is 6.44. The lowest BCUT2D eigenvalue weighted by Crippen LogP contribution is -2.54. The van der Waals surface area contributed by atoms with Crippen LogP contribution < -0.4 is 0 Å². The first-order valence-electron chi connectivity index (χ1n) is 6.72. The van der Waals surface area contributed by atoms with Gasteiger partial charge in [0.1, 0.15) is 0 Å². The van der Waals surface area contributed by atoms with Crippen molar-refractivity contribution < 1.29 is 9.53 Å². The van der Waals surface area contributed by atoms with Gasteiger partial charge in [0.2, 0.25) is 0 Å². The van der Waals surface area contributed by atoms with Gasteiger partial charge in [-0.05, 0) is 25.5 Å². The second-order valence-electron chi connectivity index (χ2n) is 5.47. The fourth-order valence-electron chi connectivity index (χ4n) is 2.37. The largest absolute Gasteiger partial charge is 0.379 e. The maximum absolute atomic E-state index is 12.6. The molecule has 0 saturated carbocycles. The highest BCUT2D eigenvalue weighted by molar-refractivity contribution is 6.42. The van der Waals surface area contributed by atoms with Gasteiger partial charge in [-0.15, -0.1) is 0 Å². The summed E-state index contributed by atoms with van der Waals surface area (Å²) in [7, 11) is 0. The summed E-state index contributed by atoms with van der Waals surface area (Å²) in [6.07, 6.45) is 0.295. The van der Waals surface area contributed by atoms with Crippen LogP contribution in [0.2, 0.25) is 10.0 Å². The molecule has 1 saturated heterocycles. The number of ketones is 1. The van der Waals surface area contributed by atoms with Crippen LogP contribution >= 0.6 is 23.2 Å². The fourth-order valence-corrected chi connectivity index (χ4v) is 2.76. The van der Waals surface area contributed by atoms with Gasteiger partial charge in [-0.25, -0.2) is 0 Å². The van der Waals surface area contributed by atoms with Crippen molar-refractivity contribution in [1.29, 1.82) is 0 Å². The van der Waals surface area contributed by atoms with Crippen LogP contribution in [0.1, 0.15) is 19.4 Å². The summed E-state index contributed by atoms with van der Waals surface area (Å²) >= 11 is 12.1. The molecule has 1 aliphatic rings. The van der Waals surface area contributed by atoms with E-state index in [1.54, 1.807) is 6.07 Å². The Morgan fingerprint density at radius 1 is 1.30 bits per heavy atom. The molecular weight excluding hydrogens is 297 g/mol. The standard InChI is InChI=1S/C15H19Cl2NO2/c1-15(2,18-6-8-20-9-7-18)13(19)10-11-4-3-5-12(16)14(11)17/h3-5H,6-10H2,1-2H3. The maximum Gasteiger partial charge on any atom is 0.156 e. The lowest BCUT2D eigenvalue weighted by Gasteiger charge is -2.39. The molecule has 0 spiro atoms. The zero-order valence-electron chi connectivity index (χ0n) is 11.8. The van der Waals surface area contributed by atoms with Crippen LogP contribution in [0.4, 0.5) is 0 Å². The number of ether oxygens (including phenoxy) is 1. The van der Waals surface area contributed by atoms with E-state index >= 15 is 0 Å². The topological polar surface area (TPSA) is 29.5 Å². The van der Waals surface area contributed by atoms with Crippen LogP contribution in [0.25, 0.3) is 0 Å². The molecule has 0 radical (unpaired) electrons. The van der Waals surface area contributed by atoms with Crippen molar-refractivity contribution in [3.63, 3.8) is 0 Å². The third kappa shape index (κ3) is 3.34. The van der Waals surface area contributed by atoms with Crippen molar-refractivity contribution in [3.8, 4) is 0 Å². The Balaban J connectivity index is 2.12. The molecule has 1 aromatic rings. The first-order chi connectivity index (χ1) is 9.43. The Morgan fingerprint density at radius 3 is 2.60 bits per heavy atom. The number of Topliss-reactive ketones (excluding diaryl/α,β-unsaturated/α-hetero) is 1. The van der Waals surface area contributed by atoms with Gasteiger partial charge < -0.3 is 4.74 Å². The quantitative estimate of drug-likeness (QED) is 0.854. The Kier molecular flexibility index (Phi) is 5.08. The van der Waals surface area contributed by atoms with E-state index in [2.05, 4.69) is 4.90 Å². The van der Waals surface area contributed by atoms with E-state index in [-0.39, 0.29) is 5.78 Å². The highest BCUT2D eigenvalue weighted by Gasteiger charge is 2.35. The van der Waals surface area contributed by atoms with Crippen LogP contribution in [-0.4, -0.2) is 42.5 Å². The molecule has 1 fully saturated rings. The molecule has 20 heavy (non-hydrogen) atoms. The monoisotopic (exact) mass is 315 g/mol. The van der Waals surface area contributed by atoms with Crippen molar-refractivity contribution in [2.75, 3.05) is 26.3 Å². The number of carbonyl (C=O) groups excluding carboxylic acids is 1. The van der Waals surface area contributed by atoms with E-state index in [9.17, 15) is 4.79 Å². The number of benzene rings is 1. The van der Waals surface area contributed by atoms with Crippen LogP contribution in [0.5, 0.6) is 0 Å². The van der Waals surface area contributed by atoms with Gasteiger partial charge in [-0.3, -0.25) is 9.69 Å². The van der Waals surface area contributed by atoms with E-state index in [0.29, 0.717) is 29.7 Å². The fraction of sp³-hybridized carbons (Fsp3) is 0.533. The van der Waals surface area contributed by atoms with Gasteiger partial charge in [-0.1, -0.05) is 35.3 Å². The third-order valence-corrected chi connectivity index (χ3v) is 4.72. The van der Waals surface area contributed by atoms with E-state index in [4.69, 9.17) is 27.9 Å². The number of halogens is 2. The van der Waals surface area contributed by atoms with E-state index in [1.165, 1.54) is 0 Å². The predicted octanol–water partition coefficient (Wildman–Crippen LogP) is 3.22. The summed E-state index contributed by atoms with van der Waals surface area (Å²) in [5, 5.41) is 0.960. The Hall–Kier alpha value is -0.610. The van der Waals surface area contributed by atoms with Crippen molar-refractivity contribution in [3.05, 3.63) is 33.8 Å². The van der Waals surface area contributed by atoms with Crippen molar-refractivity contribution in [1.82, 2.24) is 4.90 Å². The molecule has 1 heterocycles. The summed E-state index contributed by atoms with van der Waals surface area (Å²) in [5.41, 5.74) is 0.264. The molecule has 0 amide bonds. The summed E-state index contributed by atoms with van der Waals surface area (Å²) in [4.78, 5) is 14.8. The highest BCUT2D eigenvalue weighted by atomic mass is 35.5. The highest BCUT2D eigenvalue weighted by Crippen LogP contribution is 2.28. The van der Waals surface area contributed by atoms with E-state index < -0.39 is 5.54 Å². The van der Waals surface area contributed by atoms with Crippen LogP contribution in [0, 0.1) is 0 Å². The zero-order chi connectivity index (χ0) is 14.8.